The first kappa shape index (κ1) is 26.9. The highest BCUT2D eigenvalue weighted by Gasteiger charge is 2.17. The topological polar surface area (TPSA) is 93.9 Å². The number of ether oxygens (including phenoxy) is 2. The molecule has 0 aliphatic carbocycles. The van der Waals surface area contributed by atoms with Crippen LogP contribution in [0.5, 0.6) is 11.5 Å². The predicted molar refractivity (Wildman–Crippen MR) is 131 cm³/mol. The Bertz CT molecular complexity index is 909. The van der Waals surface area contributed by atoms with Crippen molar-refractivity contribution in [1.82, 2.24) is 15.2 Å². The number of hydrogen-bond acceptors (Lipinski definition) is 7. The SMILES string of the molecule is CCCN(CCC)CCCNC(=O)C[S@@](=O)Cc1nc(-c2ccc(OC)c(OC)c2)oc1C. The third kappa shape index (κ3) is 8.47. The van der Waals surface area contributed by atoms with Gasteiger partial charge < -0.3 is 24.1 Å². The van der Waals surface area contributed by atoms with Crippen LogP contribution in [0.3, 0.4) is 0 Å². The summed E-state index contributed by atoms with van der Waals surface area (Å²) in [6.07, 6.45) is 3.14. The van der Waals surface area contributed by atoms with E-state index in [1.54, 1.807) is 33.3 Å². The molecule has 0 saturated carbocycles. The van der Waals surface area contributed by atoms with Gasteiger partial charge in [-0.3, -0.25) is 9.00 Å². The molecule has 184 valence electrons. The third-order valence-corrected chi connectivity index (χ3v) is 6.35. The standard InChI is InChI=1S/C24H37N3O5S/c1-6-12-27(13-7-2)14-8-11-25-23(28)17-33(29)16-20-18(3)32-24(26-20)19-9-10-21(30-4)22(15-19)31-5/h9-10,15H,6-8,11-14,16-17H2,1-5H3,(H,25,28)/t33-/m0/s1. The molecule has 1 aromatic carbocycles. The zero-order chi connectivity index (χ0) is 24.2. The zero-order valence-electron chi connectivity index (χ0n) is 20.4. The van der Waals surface area contributed by atoms with E-state index in [-0.39, 0.29) is 17.4 Å². The summed E-state index contributed by atoms with van der Waals surface area (Å²) in [4.78, 5) is 19.1. The van der Waals surface area contributed by atoms with Gasteiger partial charge in [0.2, 0.25) is 11.8 Å². The monoisotopic (exact) mass is 479 g/mol. The van der Waals surface area contributed by atoms with E-state index in [1.165, 1.54) is 0 Å². The lowest BCUT2D eigenvalue weighted by Gasteiger charge is -2.20. The fraction of sp³-hybridized carbons (Fsp3) is 0.583. The number of nitrogens with zero attached hydrogens (tertiary/aromatic N) is 2. The van der Waals surface area contributed by atoms with E-state index in [4.69, 9.17) is 13.9 Å². The van der Waals surface area contributed by atoms with Crippen LogP contribution < -0.4 is 14.8 Å². The molecule has 8 nitrogen and oxygen atoms in total. The number of oxazole rings is 1. The lowest BCUT2D eigenvalue weighted by atomic mass is 10.2. The van der Waals surface area contributed by atoms with Gasteiger partial charge in [-0.15, -0.1) is 0 Å². The Morgan fingerprint density at radius 2 is 1.82 bits per heavy atom. The number of nitrogens with one attached hydrogen (secondary N) is 1. The number of carbonyl (C=O) groups excluding carboxylic acids is 1. The number of hydrogen-bond donors (Lipinski definition) is 1. The molecule has 1 aromatic heterocycles. The van der Waals surface area contributed by atoms with Crippen LogP contribution in [0.15, 0.2) is 22.6 Å². The Labute approximate surface area is 199 Å². The lowest BCUT2D eigenvalue weighted by molar-refractivity contribution is -0.118. The van der Waals surface area contributed by atoms with Gasteiger partial charge in [-0.2, -0.15) is 0 Å². The van der Waals surface area contributed by atoms with Crippen molar-refractivity contribution in [2.75, 3.05) is 46.2 Å². The average molecular weight is 480 g/mol. The summed E-state index contributed by atoms with van der Waals surface area (Å²) in [5.41, 5.74) is 1.31. The molecular formula is C24H37N3O5S. The van der Waals surface area contributed by atoms with Crippen LogP contribution in [-0.4, -0.2) is 66.2 Å². The summed E-state index contributed by atoms with van der Waals surface area (Å²) in [6, 6.07) is 5.38. The van der Waals surface area contributed by atoms with Crippen molar-refractivity contribution in [3.63, 3.8) is 0 Å². The van der Waals surface area contributed by atoms with Gasteiger partial charge in [0.15, 0.2) is 11.5 Å². The molecule has 0 aliphatic rings. The second kappa shape index (κ2) is 14.0. The van der Waals surface area contributed by atoms with Crippen molar-refractivity contribution < 1.29 is 22.9 Å². The van der Waals surface area contributed by atoms with Crippen LogP contribution in [0.25, 0.3) is 11.5 Å². The van der Waals surface area contributed by atoms with Crippen LogP contribution in [0, 0.1) is 6.92 Å². The zero-order valence-corrected chi connectivity index (χ0v) is 21.3. The highest BCUT2D eigenvalue weighted by molar-refractivity contribution is 7.84. The normalized spacial score (nSPS) is 12.1. The highest BCUT2D eigenvalue weighted by Crippen LogP contribution is 2.32. The first-order valence-electron chi connectivity index (χ1n) is 11.4. The van der Waals surface area contributed by atoms with Crippen LogP contribution in [0.1, 0.15) is 44.6 Å². The third-order valence-electron chi connectivity index (χ3n) is 5.17. The maximum Gasteiger partial charge on any atom is 0.232 e. The van der Waals surface area contributed by atoms with E-state index < -0.39 is 10.8 Å². The molecule has 1 amide bonds. The van der Waals surface area contributed by atoms with Gasteiger partial charge in [0, 0.05) is 22.9 Å². The van der Waals surface area contributed by atoms with Gasteiger partial charge in [-0.1, -0.05) is 13.8 Å². The molecule has 0 saturated heterocycles. The van der Waals surface area contributed by atoms with Crippen molar-refractivity contribution in [2.24, 2.45) is 0 Å². The second-order valence-corrected chi connectivity index (χ2v) is 9.32. The molecule has 0 fully saturated rings. The van der Waals surface area contributed by atoms with E-state index in [9.17, 15) is 9.00 Å². The van der Waals surface area contributed by atoms with Gasteiger partial charge >= 0.3 is 0 Å². The summed E-state index contributed by atoms with van der Waals surface area (Å²) >= 11 is 0. The highest BCUT2D eigenvalue weighted by atomic mass is 32.2. The minimum absolute atomic E-state index is 0.0500. The summed E-state index contributed by atoms with van der Waals surface area (Å²) in [6.45, 7) is 9.83. The largest absolute Gasteiger partial charge is 0.493 e. The molecule has 2 rings (SSSR count). The molecule has 0 unspecified atom stereocenters. The minimum Gasteiger partial charge on any atom is -0.493 e. The molecule has 0 aliphatic heterocycles. The first-order chi connectivity index (χ1) is 15.9. The fourth-order valence-corrected chi connectivity index (χ4v) is 4.62. The Kier molecular flexibility index (Phi) is 11.4. The predicted octanol–water partition coefficient (Wildman–Crippen LogP) is 3.54. The molecular weight excluding hydrogens is 442 g/mol. The smallest absolute Gasteiger partial charge is 0.232 e. The maximum atomic E-state index is 12.5. The number of aromatic nitrogens is 1. The van der Waals surface area contributed by atoms with Crippen LogP contribution in [-0.2, 0) is 21.3 Å². The van der Waals surface area contributed by atoms with Crippen molar-refractivity contribution in [3.8, 4) is 23.0 Å². The van der Waals surface area contributed by atoms with Crippen LogP contribution in [0.4, 0.5) is 0 Å². The first-order valence-corrected chi connectivity index (χ1v) is 12.9. The number of methoxy groups -OCH3 is 2. The Morgan fingerprint density at radius 3 is 2.45 bits per heavy atom. The lowest BCUT2D eigenvalue weighted by Crippen LogP contribution is -2.33. The van der Waals surface area contributed by atoms with Crippen LogP contribution >= 0.6 is 0 Å². The number of benzene rings is 1. The number of aryl methyl sites for hydroxylation is 1. The van der Waals surface area contributed by atoms with Gasteiger partial charge in [-0.25, -0.2) is 4.98 Å². The van der Waals surface area contributed by atoms with E-state index in [2.05, 4.69) is 29.0 Å². The van der Waals surface area contributed by atoms with Crippen molar-refractivity contribution >= 4 is 16.7 Å². The number of carbonyl (C=O) groups is 1. The molecule has 0 bridgehead atoms. The van der Waals surface area contributed by atoms with Crippen LogP contribution in [0.2, 0.25) is 0 Å². The average Bonchev–Trinajstić information content (AvgIpc) is 3.16. The number of rotatable bonds is 15. The maximum absolute atomic E-state index is 12.5. The number of amides is 1. The summed E-state index contributed by atoms with van der Waals surface area (Å²) < 4.78 is 28.9. The van der Waals surface area contributed by atoms with Gasteiger partial charge in [0.25, 0.3) is 0 Å². The molecule has 1 heterocycles. The summed E-state index contributed by atoms with van der Waals surface area (Å²) in [5.74, 6) is 2.09. The van der Waals surface area contributed by atoms with Gasteiger partial charge in [0.1, 0.15) is 11.5 Å². The Balaban J connectivity index is 1.86. The van der Waals surface area contributed by atoms with Gasteiger partial charge in [-0.05, 0) is 64.0 Å². The van der Waals surface area contributed by atoms with Gasteiger partial charge in [0.05, 0.1) is 25.7 Å². The summed E-state index contributed by atoms with van der Waals surface area (Å²) in [7, 11) is 1.76. The molecule has 1 atom stereocenters. The minimum atomic E-state index is -1.38. The molecule has 2 aromatic rings. The Hall–Kier alpha value is -2.39. The molecule has 1 N–H and O–H groups in total. The van der Waals surface area contributed by atoms with Crippen molar-refractivity contribution in [2.45, 2.75) is 45.8 Å². The molecule has 33 heavy (non-hydrogen) atoms. The van der Waals surface area contributed by atoms with Crippen molar-refractivity contribution in [1.29, 1.82) is 0 Å². The Morgan fingerprint density at radius 1 is 1.12 bits per heavy atom. The van der Waals surface area contributed by atoms with Crippen molar-refractivity contribution in [3.05, 3.63) is 29.7 Å². The molecule has 0 spiro atoms. The second-order valence-electron chi connectivity index (χ2n) is 7.87. The molecule has 9 heteroatoms. The molecule has 0 radical (unpaired) electrons. The quantitative estimate of drug-likeness (QED) is 0.391. The van der Waals surface area contributed by atoms with E-state index in [1.807, 2.05) is 6.07 Å². The van der Waals surface area contributed by atoms with E-state index >= 15 is 0 Å². The van der Waals surface area contributed by atoms with E-state index in [0.717, 1.165) is 44.5 Å². The van der Waals surface area contributed by atoms with E-state index in [0.29, 0.717) is 35.4 Å². The summed E-state index contributed by atoms with van der Waals surface area (Å²) in [5, 5.41) is 2.88. The fourth-order valence-electron chi connectivity index (χ4n) is 3.55.